The molecule has 2 amide bonds. The fourth-order valence-corrected chi connectivity index (χ4v) is 3.75. The van der Waals surface area contributed by atoms with Crippen LogP contribution in [0, 0.1) is 5.41 Å². The molecule has 0 saturated carbocycles. The second kappa shape index (κ2) is 11.1. The topological polar surface area (TPSA) is 94.2 Å². The van der Waals surface area contributed by atoms with E-state index in [9.17, 15) is 14.7 Å². The second-order valence-electron chi connectivity index (χ2n) is 7.43. The maximum Gasteiger partial charge on any atom is 1.00 e. The standard InChI is InChI=1S/C22H22ClN3O3S.Na/c1-22(2,20(27)28)12-11-19-24-13-18(30-19)14-7-9-15(10-8-14)25-21(29)26-17-6-4-3-5-16(17)23;/h3-10,13H,11-12H2,1-2H3,(H,27,28)(H2,25,26,29);/q;+1/p-1. The molecular weight excluding hydrogens is 445 g/mol. The molecule has 0 atom stereocenters. The molecule has 0 aliphatic heterocycles. The summed E-state index contributed by atoms with van der Waals surface area (Å²) in [7, 11) is 0. The molecule has 9 heteroatoms. The minimum atomic E-state index is -1.05. The summed E-state index contributed by atoms with van der Waals surface area (Å²) >= 11 is 7.57. The largest absolute Gasteiger partial charge is 1.00 e. The van der Waals surface area contributed by atoms with E-state index in [1.165, 1.54) is 11.3 Å². The molecule has 0 saturated heterocycles. The number of nitrogens with zero attached hydrogens (tertiary/aromatic N) is 1. The summed E-state index contributed by atoms with van der Waals surface area (Å²) in [5.74, 6) is -1.05. The van der Waals surface area contributed by atoms with Gasteiger partial charge in [0.25, 0.3) is 0 Å². The first kappa shape index (κ1) is 25.4. The van der Waals surface area contributed by atoms with Crippen LogP contribution in [0.3, 0.4) is 0 Å². The Morgan fingerprint density at radius 3 is 2.42 bits per heavy atom. The summed E-state index contributed by atoms with van der Waals surface area (Å²) in [6.45, 7) is 3.31. The smallest absolute Gasteiger partial charge is 0.550 e. The van der Waals surface area contributed by atoms with Gasteiger partial charge in [0.1, 0.15) is 0 Å². The van der Waals surface area contributed by atoms with Crippen molar-refractivity contribution in [3.8, 4) is 10.4 Å². The minimum absolute atomic E-state index is 0. The van der Waals surface area contributed by atoms with E-state index in [1.807, 2.05) is 12.1 Å². The van der Waals surface area contributed by atoms with Gasteiger partial charge in [-0.15, -0.1) is 11.3 Å². The number of para-hydroxylation sites is 1. The van der Waals surface area contributed by atoms with Crippen molar-refractivity contribution in [3.05, 3.63) is 64.8 Å². The van der Waals surface area contributed by atoms with Crippen molar-refractivity contribution in [2.75, 3.05) is 10.6 Å². The molecular formula is C22H21ClN3NaO3S. The summed E-state index contributed by atoms with van der Waals surface area (Å²) in [4.78, 5) is 28.7. The Morgan fingerprint density at radius 1 is 1.10 bits per heavy atom. The average molecular weight is 466 g/mol. The molecule has 0 bridgehead atoms. The van der Waals surface area contributed by atoms with Gasteiger partial charge >= 0.3 is 35.6 Å². The summed E-state index contributed by atoms with van der Waals surface area (Å²) in [6.07, 6.45) is 2.82. The number of hydrogen-bond donors (Lipinski definition) is 2. The number of urea groups is 1. The van der Waals surface area contributed by atoms with Gasteiger partial charge in [-0.1, -0.05) is 49.7 Å². The van der Waals surface area contributed by atoms with Crippen molar-refractivity contribution in [2.45, 2.75) is 26.7 Å². The van der Waals surface area contributed by atoms with E-state index in [0.29, 0.717) is 29.2 Å². The number of aliphatic carboxylic acids is 1. The molecule has 3 aromatic rings. The monoisotopic (exact) mass is 465 g/mol. The molecule has 1 heterocycles. The Morgan fingerprint density at radius 2 is 1.77 bits per heavy atom. The number of hydrogen-bond acceptors (Lipinski definition) is 5. The third kappa shape index (κ3) is 7.05. The van der Waals surface area contributed by atoms with Crippen LogP contribution < -0.4 is 45.3 Å². The molecule has 0 unspecified atom stereocenters. The number of thiazole rings is 1. The van der Waals surface area contributed by atoms with Crippen molar-refractivity contribution in [2.24, 2.45) is 5.41 Å². The van der Waals surface area contributed by atoms with Gasteiger partial charge in [-0.25, -0.2) is 9.78 Å². The number of nitrogens with one attached hydrogen (secondary N) is 2. The molecule has 2 aromatic carbocycles. The van der Waals surface area contributed by atoms with Gasteiger partial charge in [-0.3, -0.25) is 0 Å². The number of amides is 2. The Kier molecular flexibility index (Phi) is 9.09. The summed E-state index contributed by atoms with van der Waals surface area (Å²) in [6, 6.07) is 14.0. The normalized spacial score (nSPS) is 10.8. The Bertz CT molecular complexity index is 1050. The van der Waals surface area contributed by atoms with Crippen molar-refractivity contribution < 1.29 is 44.3 Å². The average Bonchev–Trinajstić information content (AvgIpc) is 3.18. The van der Waals surface area contributed by atoms with Crippen molar-refractivity contribution in [1.82, 2.24) is 4.98 Å². The van der Waals surface area contributed by atoms with Crippen LogP contribution in [0.1, 0.15) is 25.3 Å². The van der Waals surface area contributed by atoms with E-state index in [0.717, 1.165) is 15.4 Å². The van der Waals surface area contributed by atoms with E-state index in [1.54, 1.807) is 56.4 Å². The molecule has 2 N–H and O–H groups in total. The van der Waals surface area contributed by atoms with Crippen LogP contribution >= 0.6 is 22.9 Å². The maximum atomic E-state index is 12.2. The molecule has 0 aliphatic rings. The zero-order chi connectivity index (χ0) is 21.7. The van der Waals surface area contributed by atoms with Gasteiger partial charge in [-0.2, -0.15) is 0 Å². The van der Waals surface area contributed by atoms with Crippen LogP contribution in [-0.4, -0.2) is 17.0 Å². The zero-order valence-electron chi connectivity index (χ0n) is 17.6. The van der Waals surface area contributed by atoms with Crippen molar-refractivity contribution >= 4 is 46.3 Å². The predicted octanol–water partition coefficient (Wildman–Crippen LogP) is 1.82. The van der Waals surface area contributed by atoms with Crippen LogP contribution in [0.2, 0.25) is 5.02 Å². The number of anilines is 2. The molecule has 156 valence electrons. The van der Waals surface area contributed by atoms with Gasteiger partial charge < -0.3 is 20.5 Å². The van der Waals surface area contributed by atoms with E-state index in [4.69, 9.17) is 11.6 Å². The number of carbonyl (C=O) groups is 2. The number of aryl methyl sites for hydroxylation is 1. The quantitative estimate of drug-likeness (QED) is 0.520. The number of benzene rings is 2. The first-order chi connectivity index (χ1) is 14.2. The van der Waals surface area contributed by atoms with Gasteiger partial charge in [0.05, 0.1) is 20.6 Å². The number of carboxylic acids is 1. The molecule has 0 spiro atoms. The molecule has 0 aliphatic carbocycles. The van der Waals surface area contributed by atoms with E-state index < -0.39 is 11.4 Å². The molecule has 6 nitrogen and oxygen atoms in total. The molecule has 0 fully saturated rings. The first-order valence-corrected chi connectivity index (χ1v) is 10.5. The molecule has 1 aromatic heterocycles. The van der Waals surface area contributed by atoms with Crippen LogP contribution in [0.25, 0.3) is 10.4 Å². The van der Waals surface area contributed by atoms with E-state index in [2.05, 4.69) is 15.6 Å². The van der Waals surface area contributed by atoms with Gasteiger partial charge in [0.2, 0.25) is 0 Å². The van der Waals surface area contributed by atoms with Gasteiger partial charge in [-0.05, 0) is 36.2 Å². The third-order valence-corrected chi connectivity index (χ3v) is 6.06. The number of halogens is 1. The first-order valence-electron chi connectivity index (χ1n) is 9.34. The SMILES string of the molecule is CC(C)(CCc1ncc(-c2ccc(NC(=O)Nc3ccccc3Cl)cc2)s1)C(=O)[O-].[Na+]. The van der Waals surface area contributed by atoms with Crippen molar-refractivity contribution in [3.63, 3.8) is 0 Å². The van der Waals surface area contributed by atoms with E-state index >= 15 is 0 Å². The van der Waals surface area contributed by atoms with Gasteiger partial charge in [0.15, 0.2) is 0 Å². The number of aromatic nitrogens is 1. The zero-order valence-corrected chi connectivity index (χ0v) is 21.1. The maximum absolute atomic E-state index is 12.2. The summed E-state index contributed by atoms with van der Waals surface area (Å²) < 4.78 is 0. The molecule has 31 heavy (non-hydrogen) atoms. The fraction of sp³-hybridized carbons (Fsp3) is 0.227. The van der Waals surface area contributed by atoms with Crippen LogP contribution in [-0.2, 0) is 11.2 Å². The molecule has 3 rings (SSSR count). The number of rotatable bonds is 7. The van der Waals surface area contributed by atoms with Gasteiger partial charge in [0, 0.05) is 29.7 Å². The molecule has 0 radical (unpaired) electrons. The Balaban J connectivity index is 0.00000341. The second-order valence-corrected chi connectivity index (χ2v) is 8.95. The van der Waals surface area contributed by atoms with Crippen LogP contribution in [0.15, 0.2) is 54.7 Å². The minimum Gasteiger partial charge on any atom is -0.550 e. The van der Waals surface area contributed by atoms with Crippen molar-refractivity contribution in [1.29, 1.82) is 0 Å². The summed E-state index contributed by atoms with van der Waals surface area (Å²) in [5.41, 5.74) is 1.26. The predicted molar refractivity (Wildman–Crippen MR) is 119 cm³/mol. The fourth-order valence-electron chi connectivity index (χ4n) is 2.65. The third-order valence-electron chi connectivity index (χ3n) is 4.62. The number of carbonyl (C=O) groups excluding carboxylic acids is 2. The Labute approximate surface area is 212 Å². The van der Waals surface area contributed by atoms with E-state index in [-0.39, 0.29) is 35.6 Å². The van der Waals surface area contributed by atoms with Crippen LogP contribution in [0.4, 0.5) is 16.2 Å². The Hall–Kier alpha value is -1.90. The summed E-state index contributed by atoms with van der Waals surface area (Å²) in [5, 5.41) is 17.9. The number of carboxylic acid groups (broad SMARTS) is 1. The van der Waals surface area contributed by atoms with Crippen LogP contribution in [0.5, 0.6) is 0 Å².